The van der Waals surface area contributed by atoms with Crippen LogP contribution in [-0.4, -0.2) is 31.1 Å². The lowest BCUT2D eigenvalue weighted by Crippen LogP contribution is -2.04. The van der Waals surface area contributed by atoms with Gasteiger partial charge in [-0.25, -0.2) is 9.50 Å². The van der Waals surface area contributed by atoms with E-state index < -0.39 is 0 Å². The molecule has 4 aromatic heterocycles. The summed E-state index contributed by atoms with van der Waals surface area (Å²) in [5, 5.41) is 8.73. The van der Waals surface area contributed by atoms with Gasteiger partial charge in [0.15, 0.2) is 0 Å². The maximum Gasteiger partial charge on any atom is 0.214 e. The van der Waals surface area contributed by atoms with E-state index in [1.165, 1.54) is 5.56 Å². The molecule has 0 fully saturated rings. The Bertz CT molecular complexity index is 869. The fourth-order valence-corrected chi connectivity index (χ4v) is 3.10. The zero-order chi connectivity index (χ0) is 15.5. The maximum atomic E-state index is 4.60. The predicted molar refractivity (Wildman–Crippen MR) is 90.5 cm³/mol. The van der Waals surface area contributed by atoms with E-state index in [1.54, 1.807) is 23.7 Å². The van der Waals surface area contributed by atoms with Gasteiger partial charge in [-0.15, -0.1) is 5.10 Å². The predicted octanol–water partition coefficient (Wildman–Crippen LogP) is 2.90. The number of anilines is 1. The van der Waals surface area contributed by atoms with Gasteiger partial charge >= 0.3 is 0 Å². The van der Waals surface area contributed by atoms with Crippen LogP contribution in [0.2, 0.25) is 0 Å². The van der Waals surface area contributed by atoms with E-state index in [0.29, 0.717) is 0 Å². The molecule has 0 unspecified atom stereocenters. The van der Waals surface area contributed by atoms with Crippen LogP contribution in [0.3, 0.4) is 0 Å². The molecule has 114 valence electrons. The molecule has 0 saturated heterocycles. The van der Waals surface area contributed by atoms with Crippen molar-refractivity contribution in [3.05, 3.63) is 60.8 Å². The summed E-state index contributed by atoms with van der Waals surface area (Å²) >= 11 is 1.54. The molecule has 0 aliphatic heterocycles. The number of pyridine rings is 2. The zero-order valence-corrected chi connectivity index (χ0v) is 13.1. The third-order valence-corrected chi connectivity index (χ3v) is 4.32. The van der Waals surface area contributed by atoms with Crippen molar-refractivity contribution in [2.75, 3.05) is 11.9 Å². The summed E-state index contributed by atoms with van der Waals surface area (Å²) in [4.78, 5) is 13.6. The van der Waals surface area contributed by atoms with Crippen molar-refractivity contribution < 1.29 is 0 Å². The summed E-state index contributed by atoms with van der Waals surface area (Å²) in [6.45, 7) is 0.830. The van der Waals surface area contributed by atoms with Crippen LogP contribution < -0.4 is 5.32 Å². The Morgan fingerprint density at radius 1 is 1.09 bits per heavy atom. The number of hydrogen-bond donors (Lipinski definition) is 1. The number of fused-ring (bicyclic) bond motifs is 1. The molecule has 23 heavy (non-hydrogen) atoms. The molecule has 0 spiro atoms. The van der Waals surface area contributed by atoms with E-state index in [1.807, 2.05) is 47.4 Å². The summed E-state index contributed by atoms with van der Waals surface area (Å²) in [5.74, 6) is 0. The first kappa shape index (κ1) is 13.8. The van der Waals surface area contributed by atoms with Gasteiger partial charge in [0.2, 0.25) is 10.1 Å². The third kappa shape index (κ3) is 3.04. The molecule has 0 amide bonds. The van der Waals surface area contributed by atoms with Gasteiger partial charge < -0.3 is 5.32 Å². The molecule has 4 rings (SSSR count). The van der Waals surface area contributed by atoms with Crippen molar-refractivity contribution in [1.29, 1.82) is 0 Å². The number of rotatable bonds is 5. The summed E-state index contributed by atoms with van der Waals surface area (Å²) in [5.41, 5.74) is 3.14. The Morgan fingerprint density at radius 3 is 2.78 bits per heavy atom. The number of nitrogens with one attached hydrogen (secondary N) is 1. The lowest BCUT2D eigenvalue weighted by molar-refractivity contribution is 0.947. The monoisotopic (exact) mass is 322 g/mol. The van der Waals surface area contributed by atoms with Gasteiger partial charge in [0.05, 0.1) is 11.9 Å². The molecule has 4 heterocycles. The number of imidazole rings is 1. The number of aromatic nitrogens is 5. The van der Waals surface area contributed by atoms with Crippen LogP contribution in [0.1, 0.15) is 5.56 Å². The van der Waals surface area contributed by atoms with E-state index in [0.717, 1.165) is 34.3 Å². The van der Waals surface area contributed by atoms with Gasteiger partial charge in [-0.3, -0.25) is 9.97 Å². The van der Waals surface area contributed by atoms with Crippen molar-refractivity contribution in [3.8, 4) is 11.3 Å². The summed E-state index contributed by atoms with van der Waals surface area (Å²) in [6, 6.07) is 7.95. The van der Waals surface area contributed by atoms with Crippen molar-refractivity contribution >= 4 is 21.4 Å². The standard InChI is InChI=1S/C16H14N6S/c1-2-13(10-18-6-1)14-11-22-16(20-14)23-15(21-22)19-9-5-12-3-7-17-8-4-12/h1-4,6-8,10-11H,5,9H2,(H,19,21). The Balaban J connectivity index is 1.44. The highest BCUT2D eigenvalue weighted by Gasteiger charge is 2.09. The summed E-state index contributed by atoms with van der Waals surface area (Å²) in [6.07, 6.45) is 10.0. The Labute approximate surface area is 136 Å². The lowest BCUT2D eigenvalue weighted by atomic mass is 10.2. The maximum absolute atomic E-state index is 4.60. The minimum Gasteiger partial charge on any atom is -0.360 e. The van der Waals surface area contributed by atoms with Crippen LogP contribution in [0.25, 0.3) is 16.2 Å². The fraction of sp³-hybridized carbons (Fsp3) is 0.125. The SMILES string of the molecule is c1cncc(-c2cn3nc(NCCc4ccncc4)sc3n2)c1. The second kappa shape index (κ2) is 6.13. The second-order valence-corrected chi connectivity index (χ2v) is 5.99. The molecule has 7 heteroatoms. The van der Waals surface area contributed by atoms with Gasteiger partial charge in [-0.05, 0) is 36.2 Å². The summed E-state index contributed by atoms with van der Waals surface area (Å²) < 4.78 is 1.81. The number of nitrogens with zero attached hydrogens (tertiary/aromatic N) is 5. The highest BCUT2D eigenvalue weighted by atomic mass is 32.1. The van der Waals surface area contributed by atoms with E-state index in [9.17, 15) is 0 Å². The van der Waals surface area contributed by atoms with E-state index in [4.69, 9.17) is 0 Å². The molecule has 0 aliphatic rings. The highest BCUT2D eigenvalue weighted by Crippen LogP contribution is 2.23. The van der Waals surface area contributed by atoms with Crippen LogP contribution in [0, 0.1) is 0 Å². The van der Waals surface area contributed by atoms with Crippen molar-refractivity contribution in [2.45, 2.75) is 6.42 Å². The topological polar surface area (TPSA) is 68.0 Å². The highest BCUT2D eigenvalue weighted by molar-refractivity contribution is 7.20. The minimum atomic E-state index is 0.830. The second-order valence-electron chi connectivity index (χ2n) is 5.03. The average Bonchev–Trinajstić information content (AvgIpc) is 3.15. The van der Waals surface area contributed by atoms with Gasteiger partial charge in [0.1, 0.15) is 0 Å². The zero-order valence-electron chi connectivity index (χ0n) is 12.3. The Morgan fingerprint density at radius 2 is 2.00 bits per heavy atom. The quantitative estimate of drug-likeness (QED) is 0.612. The largest absolute Gasteiger partial charge is 0.360 e. The van der Waals surface area contributed by atoms with Crippen molar-refractivity contribution in [1.82, 2.24) is 24.6 Å². The first-order valence-corrected chi connectivity index (χ1v) is 8.09. The van der Waals surface area contributed by atoms with Gasteiger partial charge in [-0.1, -0.05) is 11.3 Å². The molecule has 0 aliphatic carbocycles. The Hall–Kier alpha value is -2.80. The van der Waals surface area contributed by atoms with Crippen LogP contribution in [-0.2, 0) is 6.42 Å². The normalized spacial score (nSPS) is 11.0. The smallest absolute Gasteiger partial charge is 0.214 e. The molecule has 1 N–H and O–H groups in total. The third-order valence-electron chi connectivity index (χ3n) is 3.44. The van der Waals surface area contributed by atoms with Crippen molar-refractivity contribution in [2.24, 2.45) is 0 Å². The van der Waals surface area contributed by atoms with Crippen LogP contribution >= 0.6 is 11.3 Å². The van der Waals surface area contributed by atoms with E-state index in [-0.39, 0.29) is 0 Å². The molecular formula is C16H14N6S. The van der Waals surface area contributed by atoms with Crippen LogP contribution in [0.15, 0.2) is 55.2 Å². The summed E-state index contributed by atoms with van der Waals surface area (Å²) in [7, 11) is 0. The first-order chi connectivity index (χ1) is 11.4. The van der Waals surface area contributed by atoms with E-state index in [2.05, 4.69) is 25.4 Å². The lowest BCUT2D eigenvalue weighted by Gasteiger charge is -2.01. The molecule has 6 nitrogen and oxygen atoms in total. The van der Waals surface area contributed by atoms with Gasteiger partial charge in [0.25, 0.3) is 0 Å². The molecule has 0 aromatic carbocycles. The first-order valence-electron chi connectivity index (χ1n) is 7.28. The minimum absolute atomic E-state index is 0.830. The Kier molecular flexibility index (Phi) is 3.69. The molecule has 4 aromatic rings. The van der Waals surface area contributed by atoms with E-state index >= 15 is 0 Å². The van der Waals surface area contributed by atoms with Crippen molar-refractivity contribution in [3.63, 3.8) is 0 Å². The van der Waals surface area contributed by atoms with Crippen LogP contribution in [0.4, 0.5) is 5.13 Å². The molecule has 0 bridgehead atoms. The van der Waals surface area contributed by atoms with Gasteiger partial charge in [-0.2, -0.15) is 0 Å². The molecular weight excluding hydrogens is 308 g/mol. The van der Waals surface area contributed by atoms with Gasteiger partial charge in [0, 0.05) is 36.9 Å². The molecule has 0 atom stereocenters. The fourth-order valence-electron chi connectivity index (χ4n) is 2.29. The van der Waals surface area contributed by atoms with Crippen LogP contribution in [0.5, 0.6) is 0 Å². The average molecular weight is 322 g/mol. The molecule has 0 radical (unpaired) electrons. The molecule has 0 saturated carbocycles. The number of hydrogen-bond acceptors (Lipinski definition) is 6.